The van der Waals surface area contributed by atoms with E-state index in [9.17, 15) is 4.79 Å². The molecule has 6 nitrogen and oxygen atoms in total. The number of nitrogens with zero attached hydrogens (tertiary/aromatic N) is 2. The number of carbonyl (C=O) groups excluding carboxylic acids is 1. The maximum atomic E-state index is 11.1. The van der Waals surface area contributed by atoms with Crippen molar-refractivity contribution in [1.82, 2.24) is 15.3 Å². The third kappa shape index (κ3) is 3.56. The van der Waals surface area contributed by atoms with Gasteiger partial charge in [0.1, 0.15) is 17.5 Å². The molecule has 19 heavy (non-hydrogen) atoms. The summed E-state index contributed by atoms with van der Waals surface area (Å²) in [5.41, 5.74) is 5.66. The van der Waals surface area contributed by atoms with Gasteiger partial charge in [0.2, 0.25) is 5.91 Å². The molecule has 0 aliphatic carbocycles. The van der Waals surface area contributed by atoms with Crippen molar-refractivity contribution < 1.29 is 4.79 Å². The summed E-state index contributed by atoms with van der Waals surface area (Å²) in [5, 5.41) is 6.12. The molecule has 1 aliphatic heterocycles. The molecule has 0 saturated carbocycles. The summed E-state index contributed by atoms with van der Waals surface area (Å²) in [4.78, 5) is 19.8. The zero-order valence-corrected chi connectivity index (χ0v) is 11.7. The zero-order valence-electron chi connectivity index (χ0n) is 11.7. The minimum absolute atomic E-state index is 0.115. The fourth-order valence-electron chi connectivity index (χ4n) is 1.95. The van der Waals surface area contributed by atoms with E-state index in [1.807, 2.05) is 20.8 Å². The minimum atomic E-state index is -0.145. The van der Waals surface area contributed by atoms with Crippen LogP contribution in [0.15, 0.2) is 6.07 Å². The van der Waals surface area contributed by atoms with Crippen LogP contribution in [0.5, 0.6) is 0 Å². The molecule has 1 unspecified atom stereocenters. The fraction of sp³-hybridized carbons (Fsp3) is 0.615. The summed E-state index contributed by atoms with van der Waals surface area (Å²) >= 11 is 0. The quantitative estimate of drug-likeness (QED) is 0.758. The lowest BCUT2D eigenvalue weighted by Gasteiger charge is -2.19. The number of nitrogens with two attached hydrogens (primary N) is 1. The molecule has 4 N–H and O–H groups in total. The van der Waals surface area contributed by atoms with Gasteiger partial charge in [-0.2, -0.15) is 0 Å². The normalized spacial score (nSPS) is 19.3. The van der Waals surface area contributed by atoms with E-state index in [1.165, 1.54) is 0 Å². The Labute approximate surface area is 113 Å². The second-order valence-corrected chi connectivity index (χ2v) is 5.94. The standard InChI is InChI=1S/C13H21N5O/c1-13(2,3)12-17-9(14)6-10(18-12)15-7-8-4-5-11(19)16-8/h6,8H,4-5,7H2,1-3H3,(H,16,19)(H3,14,15,17,18). The van der Waals surface area contributed by atoms with Crippen molar-refractivity contribution in [3.8, 4) is 0 Å². The summed E-state index contributed by atoms with van der Waals surface area (Å²) in [6.45, 7) is 6.79. The van der Waals surface area contributed by atoms with Crippen molar-refractivity contribution in [3.63, 3.8) is 0 Å². The average molecular weight is 263 g/mol. The minimum Gasteiger partial charge on any atom is -0.384 e. The first kappa shape index (κ1) is 13.6. The van der Waals surface area contributed by atoms with Crippen LogP contribution in [-0.4, -0.2) is 28.5 Å². The Balaban J connectivity index is 2.04. The van der Waals surface area contributed by atoms with E-state index in [2.05, 4.69) is 20.6 Å². The highest BCUT2D eigenvalue weighted by Gasteiger charge is 2.21. The SMILES string of the molecule is CC(C)(C)c1nc(N)cc(NCC2CCC(=O)N2)n1. The molecule has 1 amide bonds. The van der Waals surface area contributed by atoms with Gasteiger partial charge >= 0.3 is 0 Å². The summed E-state index contributed by atoms with van der Waals surface area (Å²) in [7, 11) is 0. The first-order valence-corrected chi connectivity index (χ1v) is 6.53. The predicted octanol–water partition coefficient (Wildman–Crippen LogP) is 1.05. The van der Waals surface area contributed by atoms with Crippen molar-refractivity contribution in [2.24, 2.45) is 0 Å². The third-order valence-electron chi connectivity index (χ3n) is 3.03. The van der Waals surface area contributed by atoms with Crippen molar-refractivity contribution in [2.75, 3.05) is 17.6 Å². The van der Waals surface area contributed by atoms with Crippen LogP contribution in [0.25, 0.3) is 0 Å². The molecule has 2 heterocycles. The van der Waals surface area contributed by atoms with Gasteiger partial charge in [0.25, 0.3) is 0 Å². The molecule has 1 atom stereocenters. The van der Waals surface area contributed by atoms with Crippen LogP contribution in [0.4, 0.5) is 11.6 Å². The van der Waals surface area contributed by atoms with E-state index >= 15 is 0 Å². The van der Waals surface area contributed by atoms with Gasteiger partial charge in [-0.05, 0) is 6.42 Å². The Bertz CT molecular complexity index is 480. The second-order valence-electron chi connectivity index (χ2n) is 5.94. The van der Waals surface area contributed by atoms with Crippen LogP contribution in [0.3, 0.4) is 0 Å². The van der Waals surface area contributed by atoms with E-state index in [0.29, 0.717) is 30.4 Å². The molecule has 104 valence electrons. The molecule has 0 spiro atoms. The van der Waals surface area contributed by atoms with E-state index in [-0.39, 0.29) is 17.4 Å². The molecule has 0 bridgehead atoms. The molecule has 1 saturated heterocycles. The predicted molar refractivity (Wildman–Crippen MR) is 74.8 cm³/mol. The first-order chi connectivity index (χ1) is 8.84. The molecule has 0 radical (unpaired) electrons. The maximum Gasteiger partial charge on any atom is 0.220 e. The van der Waals surface area contributed by atoms with Crippen LogP contribution >= 0.6 is 0 Å². The number of carbonyl (C=O) groups is 1. The van der Waals surface area contributed by atoms with Crippen molar-refractivity contribution >= 4 is 17.5 Å². The molecule has 1 aromatic rings. The molecule has 1 fully saturated rings. The lowest BCUT2D eigenvalue weighted by molar-refractivity contribution is -0.119. The Morgan fingerprint density at radius 1 is 1.47 bits per heavy atom. The van der Waals surface area contributed by atoms with E-state index < -0.39 is 0 Å². The monoisotopic (exact) mass is 263 g/mol. The van der Waals surface area contributed by atoms with Crippen LogP contribution in [0.1, 0.15) is 39.4 Å². The smallest absolute Gasteiger partial charge is 0.220 e. The number of amides is 1. The van der Waals surface area contributed by atoms with Crippen LogP contribution in [0, 0.1) is 0 Å². The van der Waals surface area contributed by atoms with Crippen LogP contribution in [0.2, 0.25) is 0 Å². The number of rotatable bonds is 3. The summed E-state index contributed by atoms with van der Waals surface area (Å²) in [6.07, 6.45) is 1.46. The fourth-order valence-corrected chi connectivity index (χ4v) is 1.95. The van der Waals surface area contributed by atoms with Gasteiger partial charge < -0.3 is 16.4 Å². The molecule has 0 aromatic carbocycles. The lowest BCUT2D eigenvalue weighted by Crippen LogP contribution is -2.32. The summed E-state index contributed by atoms with van der Waals surface area (Å²) < 4.78 is 0. The Hall–Kier alpha value is -1.85. The maximum absolute atomic E-state index is 11.1. The van der Waals surface area contributed by atoms with Crippen molar-refractivity contribution in [3.05, 3.63) is 11.9 Å². The summed E-state index contributed by atoms with van der Waals surface area (Å²) in [5.74, 6) is 1.99. The highest BCUT2D eigenvalue weighted by Crippen LogP contribution is 2.21. The number of anilines is 2. The number of hydrogen-bond acceptors (Lipinski definition) is 5. The van der Waals surface area contributed by atoms with Crippen molar-refractivity contribution in [2.45, 2.75) is 45.1 Å². The largest absolute Gasteiger partial charge is 0.384 e. The Morgan fingerprint density at radius 2 is 2.21 bits per heavy atom. The third-order valence-corrected chi connectivity index (χ3v) is 3.03. The van der Waals surface area contributed by atoms with Gasteiger partial charge in [-0.25, -0.2) is 9.97 Å². The van der Waals surface area contributed by atoms with Crippen molar-refractivity contribution in [1.29, 1.82) is 0 Å². The Morgan fingerprint density at radius 3 is 2.79 bits per heavy atom. The van der Waals surface area contributed by atoms with Gasteiger partial charge in [0, 0.05) is 30.5 Å². The van der Waals surface area contributed by atoms with Gasteiger partial charge in [-0.15, -0.1) is 0 Å². The first-order valence-electron chi connectivity index (χ1n) is 6.53. The molecule has 2 rings (SSSR count). The topological polar surface area (TPSA) is 92.9 Å². The molecular formula is C13H21N5O. The molecule has 1 aliphatic rings. The van der Waals surface area contributed by atoms with E-state index in [0.717, 1.165) is 6.42 Å². The summed E-state index contributed by atoms with van der Waals surface area (Å²) in [6, 6.07) is 1.88. The second kappa shape index (κ2) is 5.03. The number of nitrogen functional groups attached to an aromatic ring is 1. The van der Waals surface area contributed by atoms with E-state index in [4.69, 9.17) is 5.73 Å². The highest BCUT2D eigenvalue weighted by atomic mass is 16.1. The van der Waals surface area contributed by atoms with Crippen LogP contribution < -0.4 is 16.4 Å². The van der Waals surface area contributed by atoms with Gasteiger partial charge in [-0.1, -0.05) is 20.8 Å². The lowest BCUT2D eigenvalue weighted by atomic mass is 9.96. The Kier molecular flexibility index (Phi) is 3.59. The van der Waals surface area contributed by atoms with Gasteiger partial charge in [0.15, 0.2) is 0 Å². The zero-order chi connectivity index (χ0) is 14.0. The number of hydrogen-bond donors (Lipinski definition) is 3. The molecular weight excluding hydrogens is 242 g/mol. The number of aromatic nitrogens is 2. The van der Waals surface area contributed by atoms with E-state index in [1.54, 1.807) is 6.07 Å². The van der Waals surface area contributed by atoms with Gasteiger partial charge in [0.05, 0.1) is 0 Å². The van der Waals surface area contributed by atoms with Crippen LogP contribution in [-0.2, 0) is 10.2 Å². The highest BCUT2D eigenvalue weighted by molar-refractivity contribution is 5.78. The van der Waals surface area contributed by atoms with Gasteiger partial charge in [-0.3, -0.25) is 4.79 Å². The number of nitrogens with one attached hydrogen (secondary N) is 2. The average Bonchev–Trinajstić information content (AvgIpc) is 2.71. The molecule has 1 aromatic heterocycles. The molecule has 6 heteroatoms.